The standard InChI is InChI=1S/C22H22F4N4O3/c1-11-7-16-18(12(2)19(11)32-4)20(29-10-28-16)30-15-6-5-14(23)8-17(15)33-13(3)21(31)27-9-22(24,25)26/h5-8,10,13H,9H2,1-4H3,(H,27,31)(H,28,29,30). The van der Waals surface area contributed by atoms with Gasteiger partial charge in [0.1, 0.15) is 36.0 Å². The van der Waals surface area contributed by atoms with Crippen molar-refractivity contribution in [3.05, 3.63) is 47.5 Å². The molecule has 11 heteroatoms. The van der Waals surface area contributed by atoms with Gasteiger partial charge in [0.25, 0.3) is 5.91 Å². The summed E-state index contributed by atoms with van der Waals surface area (Å²) in [6.45, 7) is 3.50. The first-order valence-electron chi connectivity index (χ1n) is 9.86. The average molecular weight is 466 g/mol. The molecule has 1 amide bonds. The quantitative estimate of drug-likeness (QED) is 0.496. The predicted octanol–water partition coefficient (Wildman–Crippen LogP) is 4.58. The highest BCUT2D eigenvalue weighted by Gasteiger charge is 2.29. The molecule has 0 bridgehead atoms. The maximum atomic E-state index is 13.9. The van der Waals surface area contributed by atoms with Crippen molar-refractivity contribution >= 4 is 28.3 Å². The zero-order chi connectivity index (χ0) is 24.3. The van der Waals surface area contributed by atoms with Crippen LogP contribution in [0.15, 0.2) is 30.6 Å². The van der Waals surface area contributed by atoms with Crippen LogP contribution in [0, 0.1) is 19.7 Å². The third kappa shape index (κ3) is 5.60. The van der Waals surface area contributed by atoms with Crippen LogP contribution < -0.4 is 20.1 Å². The molecule has 2 N–H and O–H groups in total. The van der Waals surface area contributed by atoms with Gasteiger partial charge in [0.15, 0.2) is 6.10 Å². The van der Waals surface area contributed by atoms with Crippen LogP contribution >= 0.6 is 0 Å². The molecule has 0 aliphatic carbocycles. The fourth-order valence-electron chi connectivity index (χ4n) is 3.37. The Labute approximate surface area is 187 Å². The number of hydrogen-bond donors (Lipinski definition) is 2. The lowest BCUT2D eigenvalue weighted by Gasteiger charge is -2.19. The molecular weight excluding hydrogens is 444 g/mol. The van der Waals surface area contributed by atoms with E-state index in [4.69, 9.17) is 9.47 Å². The number of benzene rings is 2. The zero-order valence-corrected chi connectivity index (χ0v) is 18.3. The summed E-state index contributed by atoms with van der Waals surface area (Å²) >= 11 is 0. The van der Waals surface area contributed by atoms with Crippen molar-refractivity contribution in [2.24, 2.45) is 0 Å². The number of nitrogens with zero attached hydrogens (tertiary/aromatic N) is 2. The third-order valence-electron chi connectivity index (χ3n) is 4.84. The number of rotatable bonds is 7. The van der Waals surface area contributed by atoms with Gasteiger partial charge in [-0.25, -0.2) is 14.4 Å². The number of amides is 1. The Bertz CT molecular complexity index is 1180. The van der Waals surface area contributed by atoms with Crippen molar-refractivity contribution in [2.75, 3.05) is 19.0 Å². The lowest BCUT2D eigenvalue weighted by molar-refractivity contribution is -0.142. The summed E-state index contributed by atoms with van der Waals surface area (Å²) in [6, 6.07) is 5.41. The second kappa shape index (κ2) is 9.47. The Morgan fingerprint density at radius 1 is 1.18 bits per heavy atom. The highest BCUT2D eigenvalue weighted by Crippen LogP contribution is 2.36. The summed E-state index contributed by atoms with van der Waals surface area (Å²) in [5, 5.41) is 5.44. The largest absolute Gasteiger partial charge is 0.496 e. The molecule has 0 fully saturated rings. The van der Waals surface area contributed by atoms with Crippen molar-refractivity contribution in [1.82, 2.24) is 15.3 Å². The van der Waals surface area contributed by atoms with E-state index in [-0.39, 0.29) is 11.4 Å². The molecule has 3 rings (SSSR count). The molecule has 176 valence electrons. The van der Waals surface area contributed by atoms with E-state index >= 15 is 0 Å². The summed E-state index contributed by atoms with van der Waals surface area (Å²) in [6.07, 6.45) is -4.53. The first kappa shape index (κ1) is 24.0. The van der Waals surface area contributed by atoms with Gasteiger partial charge in [-0.3, -0.25) is 4.79 Å². The van der Waals surface area contributed by atoms with Crippen LogP contribution in [0.5, 0.6) is 11.5 Å². The molecule has 7 nitrogen and oxygen atoms in total. The van der Waals surface area contributed by atoms with Crippen LogP contribution in [-0.4, -0.2) is 41.8 Å². The van der Waals surface area contributed by atoms with Gasteiger partial charge in [-0.05, 0) is 44.5 Å². The lowest BCUT2D eigenvalue weighted by atomic mass is 10.0. The molecular formula is C22H22F4N4O3. The molecule has 2 aromatic carbocycles. The van der Waals surface area contributed by atoms with Gasteiger partial charge < -0.3 is 20.1 Å². The van der Waals surface area contributed by atoms with E-state index in [1.807, 2.05) is 19.9 Å². The first-order chi connectivity index (χ1) is 15.5. The maximum absolute atomic E-state index is 13.9. The number of carbonyl (C=O) groups excluding carboxylic acids is 1. The molecule has 0 saturated heterocycles. The summed E-state index contributed by atoms with van der Waals surface area (Å²) < 4.78 is 62.0. The number of aromatic nitrogens is 2. The zero-order valence-electron chi connectivity index (χ0n) is 18.3. The van der Waals surface area contributed by atoms with Crippen LogP contribution in [0.3, 0.4) is 0 Å². The minimum Gasteiger partial charge on any atom is -0.496 e. The van der Waals surface area contributed by atoms with Gasteiger partial charge in [0.2, 0.25) is 0 Å². The summed E-state index contributed by atoms with van der Waals surface area (Å²) in [5.41, 5.74) is 2.57. The van der Waals surface area contributed by atoms with Crippen LogP contribution in [0.25, 0.3) is 10.9 Å². The molecule has 1 aromatic heterocycles. The van der Waals surface area contributed by atoms with Crippen LogP contribution in [0.1, 0.15) is 18.1 Å². The van der Waals surface area contributed by atoms with E-state index in [1.54, 1.807) is 12.4 Å². The Hall–Kier alpha value is -3.63. The van der Waals surface area contributed by atoms with Gasteiger partial charge in [-0.2, -0.15) is 13.2 Å². The van der Waals surface area contributed by atoms with E-state index in [2.05, 4.69) is 15.3 Å². The van der Waals surface area contributed by atoms with Crippen molar-refractivity contribution in [2.45, 2.75) is 33.1 Å². The number of alkyl halides is 3. The number of anilines is 2. The second-order valence-electron chi connectivity index (χ2n) is 7.33. The van der Waals surface area contributed by atoms with Crippen molar-refractivity contribution in [3.8, 4) is 11.5 Å². The second-order valence-corrected chi connectivity index (χ2v) is 7.33. The minimum atomic E-state index is -4.56. The van der Waals surface area contributed by atoms with Crippen LogP contribution in [-0.2, 0) is 4.79 Å². The van der Waals surface area contributed by atoms with Crippen LogP contribution in [0.4, 0.5) is 29.1 Å². The molecule has 1 atom stereocenters. The molecule has 3 aromatic rings. The Morgan fingerprint density at radius 2 is 1.91 bits per heavy atom. The monoisotopic (exact) mass is 466 g/mol. The Morgan fingerprint density at radius 3 is 2.58 bits per heavy atom. The van der Waals surface area contributed by atoms with E-state index in [0.717, 1.165) is 17.2 Å². The van der Waals surface area contributed by atoms with Gasteiger partial charge in [-0.15, -0.1) is 0 Å². The number of halogens is 4. The smallest absolute Gasteiger partial charge is 0.405 e. The molecule has 1 heterocycles. The third-order valence-corrected chi connectivity index (χ3v) is 4.84. The number of carbonyl (C=O) groups is 1. The van der Waals surface area contributed by atoms with E-state index in [0.29, 0.717) is 22.5 Å². The number of hydrogen-bond acceptors (Lipinski definition) is 6. The van der Waals surface area contributed by atoms with E-state index < -0.39 is 30.5 Å². The molecule has 33 heavy (non-hydrogen) atoms. The molecule has 0 saturated carbocycles. The molecule has 0 aliphatic heterocycles. The first-order valence-corrected chi connectivity index (χ1v) is 9.86. The van der Waals surface area contributed by atoms with E-state index in [1.165, 1.54) is 25.4 Å². The summed E-state index contributed by atoms with van der Waals surface area (Å²) in [4.78, 5) is 20.5. The number of aryl methyl sites for hydroxylation is 2. The summed E-state index contributed by atoms with van der Waals surface area (Å²) in [5.74, 6) is -0.689. The topological polar surface area (TPSA) is 85.4 Å². The highest BCUT2D eigenvalue weighted by atomic mass is 19.4. The normalized spacial score (nSPS) is 12.4. The predicted molar refractivity (Wildman–Crippen MR) is 114 cm³/mol. The Kier molecular flexibility index (Phi) is 6.89. The van der Waals surface area contributed by atoms with Gasteiger partial charge in [0, 0.05) is 17.0 Å². The molecule has 1 unspecified atom stereocenters. The van der Waals surface area contributed by atoms with Gasteiger partial charge >= 0.3 is 6.18 Å². The van der Waals surface area contributed by atoms with E-state index in [9.17, 15) is 22.4 Å². The highest BCUT2D eigenvalue weighted by molar-refractivity contribution is 5.96. The molecule has 0 radical (unpaired) electrons. The fourth-order valence-corrected chi connectivity index (χ4v) is 3.37. The summed E-state index contributed by atoms with van der Waals surface area (Å²) in [7, 11) is 1.55. The maximum Gasteiger partial charge on any atom is 0.405 e. The number of ether oxygens (including phenoxy) is 2. The molecule has 0 aliphatic rings. The average Bonchev–Trinajstić information content (AvgIpc) is 2.73. The van der Waals surface area contributed by atoms with Crippen molar-refractivity contribution in [3.63, 3.8) is 0 Å². The number of nitrogens with one attached hydrogen (secondary N) is 2. The fraction of sp³-hybridized carbons (Fsp3) is 0.318. The lowest BCUT2D eigenvalue weighted by Crippen LogP contribution is -2.41. The van der Waals surface area contributed by atoms with Crippen molar-refractivity contribution in [1.29, 1.82) is 0 Å². The van der Waals surface area contributed by atoms with Gasteiger partial charge in [-0.1, -0.05) is 0 Å². The van der Waals surface area contributed by atoms with Gasteiger partial charge in [0.05, 0.1) is 18.3 Å². The molecule has 0 spiro atoms. The number of fused-ring (bicyclic) bond motifs is 1. The number of methoxy groups -OCH3 is 1. The van der Waals surface area contributed by atoms with Crippen molar-refractivity contribution < 1.29 is 31.8 Å². The Balaban J connectivity index is 1.93. The SMILES string of the molecule is COc1c(C)cc2ncnc(Nc3ccc(F)cc3OC(C)C(=O)NCC(F)(F)F)c2c1C. The minimum absolute atomic E-state index is 0.0758. The van der Waals surface area contributed by atoms with Crippen LogP contribution in [0.2, 0.25) is 0 Å².